The molecule has 0 saturated heterocycles. The van der Waals surface area contributed by atoms with Crippen LogP contribution in [0.15, 0.2) is 0 Å². The first-order valence-corrected chi connectivity index (χ1v) is 0. The number of hydrogen-bond acceptors (Lipinski definition) is 0. The molecule has 6 heavy (non-hydrogen) atoms. The number of hydrogen-bond donors (Lipinski definition) is 0. The van der Waals surface area contributed by atoms with Crippen LogP contribution in [-0.4, -0.2) is 83.6 Å². The predicted octanol–water partition coefficient (Wildman–Crippen LogP) is -4.47. The summed E-state index contributed by atoms with van der Waals surface area (Å²) in [4.78, 5) is 0. The summed E-state index contributed by atoms with van der Waals surface area (Å²) in [6.45, 7) is 0. The summed E-state index contributed by atoms with van der Waals surface area (Å²) in [6.07, 6.45) is 0. The van der Waals surface area contributed by atoms with E-state index in [1.165, 1.54) is 0 Å². The van der Waals surface area contributed by atoms with Crippen LogP contribution < -0.4 is 0 Å². The topological polar surface area (TPSA) is 0 Å². The first kappa shape index (κ1) is 50.3. The Morgan fingerprint density at radius 2 is 0.833 bits per heavy atom. The van der Waals surface area contributed by atoms with E-state index in [0.717, 1.165) is 0 Å². The van der Waals surface area contributed by atoms with Gasteiger partial charge in [-0.15, -0.1) is 0 Å². The van der Waals surface area contributed by atoms with Gasteiger partial charge in [-0.2, -0.15) is 0 Å². The molecule has 28 valence electrons. The minimum absolute atomic E-state index is 0. The second-order valence-electron chi connectivity index (χ2n) is 0. The summed E-state index contributed by atoms with van der Waals surface area (Å²) in [6, 6.07) is 0. The zero-order valence-electron chi connectivity index (χ0n) is 1.21. The van der Waals surface area contributed by atoms with E-state index in [9.17, 15) is 0 Å². The van der Waals surface area contributed by atoms with Gasteiger partial charge in [0.1, 0.15) is 0 Å². The van der Waals surface area contributed by atoms with Crippen molar-refractivity contribution >= 4 is 83.6 Å². The van der Waals surface area contributed by atoms with Gasteiger partial charge in [0.05, 0.1) is 0 Å². The van der Waals surface area contributed by atoms with Crippen molar-refractivity contribution in [2.75, 3.05) is 0 Å². The van der Waals surface area contributed by atoms with Crippen molar-refractivity contribution in [3.63, 3.8) is 0 Å². The third kappa shape index (κ3) is 24.4. The van der Waals surface area contributed by atoms with Crippen molar-refractivity contribution in [3.05, 3.63) is 0 Å². The van der Waals surface area contributed by atoms with Gasteiger partial charge in [0.25, 0.3) is 0 Å². The fourth-order valence-corrected chi connectivity index (χ4v) is 0. The summed E-state index contributed by atoms with van der Waals surface area (Å²) < 4.78 is 0. The second kappa shape index (κ2) is 35.8. The van der Waals surface area contributed by atoms with Crippen LogP contribution in [0.4, 0.5) is 0 Å². The normalized spacial score (nSPS) is 0. The molecular formula is H11Al2InMgTiZn. The number of rotatable bonds is 0. The Hall–Kier alpha value is 4.04. The molecule has 0 aliphatic carbocycles. The SMILES string of the molecule is [AlH3].[AlH3].[InH3].[MgH2].[Ti].[Zn]. The summed E-state index contributed by atoms with van der Waals surface area (Å²) in [5, 5.41) is 0. The Morgan fingerprint density at radius 3 is 0.833 bits per heavy atom. The molecule has 0 unspecified atom stereocenters. The summed E-state index contributed by atoms with van der Waals surface area (Å²) >= 11 is 0. The van der Waals surface area contributed by atoms with Crippen LogP contribution in [0.2, 0.25) is 0 Å². The molecule has 0 aliphatic rings. The van der Waals surface area contributed by atoms with Crippen LogP contribution in [0.5, 0.6) is 0 Å². The summed E-state index contributed by atoms with van der Waals surface area (Å²) in [7, 11) is 0. The minimum Gasteiger partial charge on any atom is 0 e. The Balaban J connectivity index is 0. The van der Waals surface area contributed by atoms with Crippen LogP contribution in [-0.2, 0) is 41.2 Å². The first-order chi connectivity index (χ1) is 0. The van der Waals surface area contributed by atoms with Gasteiger partial charge in [-0.3, -0.25) is 0 Å². The monoisotopic (exact) mass is 316 g/mol. The molecule has 0 bridgehead atoms. The molecule has 0 aromatic heterocycles. The zero-order chi connectivity index (χ0) is 0. The van der Waals surface area contributed by atoms with Crippen molar-refractivity contribution in [3.8, 4) is 0 Å². The molecule has 0 fully saturated rings. The van der Waals surface area contributed by atoms with Gasteiger partial charge in [0, 0.05) is 41.2 Å². The molecule has 0 amide bonds. The van der Waals surface area contributed by atoms with E-state index in [4.69, 9.17) is 0 Å². The van der Waals surface area contributed by atoms with E-state index in [1.54, 1.807) is 0 Å². The van der Waals surface area contributed by atoms with E-state index in [0.29, 0.717) is 0 Å². The van der Waals surface area contributed by atoms with E-state index in [1.807, 2.05) is 0 Å². The second-order valence-corrected chi connectivity index (χ2v) is 0. The zero-order valence-corrected chi connectivity index (χ0v) is 5.74. The molecule has 0 aromatic carbocycles. The van der Waals surface area contributed by atoms with Crippen molar-refractivity contribution in [1.82, 2.24) is 0 Å². The molecule has 0 rings (SSSR count). The van der Waals surface area contributed by atoms with Crippen LogP contribution in [0.25, 0.3) is 0 Å². The molecule has 0 saturated carbocycles. The van der Waals surface area contributed by atoms with Crippen LogP contribution in [0.1, 0.15) is 0 Å². The van der Waals surface area contributed by atoms with Gasteiger partial charge in [0.2, 0.25) is 0 Å². The molecular weight excluding hydrogens is 306 g/mol. The van der Waals surface area contributed by atoms with Gasteiger partial charge >= 0.3 is 48.9 Å². The summed E-state index contributed by atoms with van der Waals surface area (Å²) in [5.41, 5.74) is 0. The van der Waals surface area contributed by atoms with Crippen molar-refractivity contribution in [2.24, 2.45) is 0 Å². The fraction of sp³-hybridized carbons (Fsp3) is 0. The molecule has 0 N–H and O–H groups in total. The van der Waals surface area contributed by atoms with Gasteiger partial charge in [-0.1, -0.05) is 0 Å². The molecule has 0 aliphatic heterocycles. The van der Waals surface area contributed by atoms with Crippen LogP contribution >= 0.6 is 0 Å². The maximum absolute atomic E-state index is 0. The molecule has 0 nitrogen and oxygen atoms in total. The van der Waals surface area contributed by atoms with E-state index < -0.39 is 0 Å². The standard InChI is InChI=1S/2Al.In.Mg.Ti.Zn.11H. The Morgan fingerprint density at radius 1 is 0.833 bits per heavy atom. The smallest absolute Gasteiger partial charge is 0 e. The Labute approximate surface area is 122 Å². The largest absolute Gasteiger partial charge is 0.316 e. The first-order valence-electron chi connectivity index (χ1n) is 0. The molecule has 0 spiro atoms. The Bertz CT molecular complexity index is 13.5. The van der Waals surface area contributed by atoms with Crippen molar-refractivity contribution in [1.29, 1.82) is 0 Å². The van der Waals surface area contributed by atoms with E-state index in [-0.39, 0.29) is 125 Å². The van der Waals surface area contributed by atoms with Gasteiger partial charge in [-0.25, -0.2) is 0 Å². The van der Waals surface area contributed by atoms with Crippen LogP contribution in [0, 0.1) is 0 Å². The van der Waals surface area contributed by atoms with Gasteiger partial charge in [0.15, 0.2) is 34.7 Å². The summed E-state index contributed by atoms with van der Waals surface area (Å²) in [5.74, 6) is 0. The minimum atomic E-state index is 0. The maximum Gasteiger partial charge on any atom is 0.316 e. The molecule has 6 heteroatoms. The quantitative estimate of drug-likeness (QED) is 0.395. The van der Waals surface area contributed by atoms with E-state index in [2.05, 4.69) is 0 Å². The average Bonchev–Trinajstić information content (AvgIpc) is 0. The third-order valence-electron chi connectivity index (χ3n) is 0. The molecule has 0 aromatic rings. The average molecular weight is 317 g/mol. The van der Waals surface area contributed by atoms with Crippen molar-refractivity contribution in [2.45, 2.75) is 0 Å². The molecule has 0 atom stereocenters. The van der Waals surface area contributed by atoms with Crippen LogP contribution in [0.3, 0.4) is 0 Å². The maximum atomic E-state index is 0. The Kier molecular flexibility index (Phi) is 300. The third-order valence-corrected chi connectivity index (χ3v) is 0. The van der Waals surface area contributed by atoms with Gasteiger partial charge in [-0.05, 0) is 0 Å². The molecule has 0 heterocycles. The fourth-order valence-electron chi connectivity index (χ4n) is 0. The molecule has 0 radical (unpaired) electrons. The predicted molar refractivity (Wildman–Crippen MR) is 38.4 cm³/mol. The van der Waals surface area contributed by atoms with Crippen molar-refractivity contribution < 1.29 is 41.2 Å². The van der Waals surface area contributed by atoms with Gasteiger partial charge < -0.3 is 0 Å². The van der Waals surface area contributed by atoms with E-state index >= 15 is 0 Å².